The molecule has 3 atom stereocenters. The highest BCUT2D eigenvalue weighted by Gasteiger charge is 2.42. The molecule has 3 aromatic rings. The van der Waals surface area contributed by atoms with Gasteiger partial charge in [-0.05, 0) is 73.1 Å². The number of methoxy groups -OCH3 is 2. The van der Waals surface area contributed by atoms with Crippen LogP contribution in [-0.2, 0) is 36.6 Å². The number of carbonyl (C=O) groups excluding carboxylic acids is 2. The van der Waals surface area contributed by atoms with Gasteiger partial charge in [-0.1, -0.05) is 85.6 Å². The van der Waals surface area contributed by atoms with Crippen molar-refractivity contribution in [3.63, 3.8) is 0 Å². The summed E-state index contributed by atoms with van der Waals surface area (Å²) in [4.78, 5) is 30.5. The van der Waals surface area contributed by atoms with E-state index in [0.717, 1.165) is 87.8 Å². The summed E-state index contributed by atoms with van der Waals surface area (Å²) < 4.78 is 22.6. The van der Waals surface area contributed by atoms with Gasteiger partial charge in [0.15, 0.2) is 6.29 Å². The van der Waals surface area contributed by atoms with Crippen molar-refractivity contribution in [2.75, 3.05) is 58.9 Å². The Balaban J connectivity index is 0.878. The van der Waals surface area contributed by atoms with Crippen LogP contribution in [0.2, 0.25) is 0 Å². The van der Waals surface area contributed by atoms with E-state index in [0.29, 0.717) is 38.0 Å². The van der Waals surface area contributed by atoms with Crippen LogP contribution in [-0.4, -0.2) is 93.8 Å². The van der Waals surface area contributed by atoms with Gasteiger partial charge in [0.1, 0.15) is 6.10 Å². The Hall–Kier alpha value is -3.76. The number of para-hydroxylation sites is 1. The number of anilines is 1. The highest BCUT2D eigenvalue weighted by atomic mass is 16.7. The number of ether oxygens (including phenoxy) is 4. The third-order valence-corrected chi connectivity index (χ3v) is 11.0. The van der Waals surface area contributed by atoms with Gasteiger partial charge in [-0.25, -0.2) is 4.79 Å². The van der Waals surface area contributed by atoms with Gasteiger partial charge in [-0.2, -0.15) is 0 Å². The highest BCUT2D eigenvalue weighted by Crippen LogP contribution is 2.40. The van der Waals surface area contributed by atoms with E-state index in [1.807, 2.05) is 59.5 Å². The van der Waals surface area contributed by atoms with Crippen LogP contribution in [0.5, 0.6) is 0 Å². The van der Waals surface area contributed by atoms with Crippen LogP contribution in [0, 0.1) is 11.8 Å². The van der Waals surface area contributed by atoms with Crippen LogP contribution in [0.15, 0.2) is 78.9 Å². The van der Waals surface area contributed by atoms with Gasteiger partial charge >= 0.3 is 6.09 Å². The third kappa shape index (κ3) is 10.4. The highest BCUT2D eigenvalue weighted by molar-refractivity contribution is 5.91. The fourth-order valence-electron chi connectivity index (χ4n) is 8.27. The molecule has 9 nitrogen and oxygen atoms in total. The number of hydrogen-bond donors (Lipinski definition) is 1. The van der Waals surface area contributed by atoms with E-state index in [1.165, 1.54) is 11.1 Å². The van der Waals surface area contributed by atoms with E-state index in [4.69, 9.17) is 18.9 Å². The molecular formula is C42H55N3O6. The average Bonchev–Trinajstić information content (AvgIpc) is 3.90. The molecule has 3 fully saturated rings. The number of likely N-dealkylation sites (tertiary alicyclic amines) is 1. The molecule has 0 aromatic heterocycles. The Labute approximate surface area is 303 Å². The second kappa shape index (κ2) is 18.6. The number of hydrogen-bond acceptors (Lipinski definition) is 7. The summed E-state index contributed by atoms with van der Waals surface area (Å²) in [6, 6.07) is 27.0. The molecule has 2 aliphatic carbocycles. The van der Waals surface area contributed by atoms with Crippen molar-refractivity contribution >= 4 is 17.7 Å². The first-order valence-corrected chi connectivity index (χ1v) is 18.8. The Morgan fingerprint density at radius 1 is 0.843 bits per heavy atom. The van der Waals surface area contributed by atoms with Crippen LogP contribution < -0.4 is 5.32 Å². The van der Waals surface area contributed by atoms with Gasteiger partial charge in [-0.15, -0.1) is 0 Å². The first-order valence-electron chi connectivity index (χ1n) is 18.8. The summed E-state index contributed by atoms with van der Waals surface area (Å²) in [7, 11) is 3.23. The van der Waals surface area contributed by atoms with Crippen molar-refractivity contribution in [3.8, 4) is 11.1 Å². The molecule has 0 spiro atoms. The smallest absolute Gasteiger partial charge is 0.411 e. The van der Waals surface area contributed by atoms with E-state index in [-0.39, 0.29) is 24.1 Å². The first kappa shape index (κ1) is 37.0. The second-order valence-corrected chi connectivity index (χ2v) is 14.4. The van der Waals surface area contributed by atoms with E-state index >= 15 is 0 Å². The molecule has 1 saturated heterocycles. The summed E-state index contributed by atoms with van der Waals surface area (Å²) in [5, 5.41) is 3.00. The Morgan fingerprint density at radius 3 is 2.25 bits per heavy atom. The predicted octanol–water partition coefficient (Wildman–Crippen LogP) is 7.19. The molecule has 0 radical (unpaired) electrons. The molecule has 3 aromatic carbocycles. The Morgan fingerprint density at radius 2 is 1.53 bits per heavy atom. The second-order valence-electron chi connectivity index (χ2n) is 14.4. The lowest BCUT2D eigenvalue weighted by Crippen LogP contribution is -2.44. The maximum Gasteiger partial charge on any atom is 0.411 e. The van der Waals surface area contributed by atoms with E-state index in [1.54, 1.807) is 14.2 Å². The van der Waals surface area contributed by atoms with Gasteiger partial charge in [0, 0.05) is 45.5 Å². The average molecular weight is 698 g/mol. The Bertz CT molecular complexity index is 1530. The number of benzene rings is 3. The predicted molar refractivity (Wildman–Crippen MR) is 199 cm³/mol. The third-order valence-electron chi connectivity index (χ3n) is 11.0. The number of nitrogens with one attached hydrogen (secondary N) is 1. The molecule has 9 heteroatoms. The number of rotatable bonds is 17. The van der Waals surface area contributed by atoms with Crippen molar-refractivity contribution < 1.29 is 28.5 Å². The minimum Gasteiger partial charge on any atom is -0.446 e. The molecule has 2 saturated carbocycles. The lowest BCUT2D eigenvalue weighted by atomic mass is 10.0. The van der Waals surface area contributed by atoms with Crippen molar-refractivity contribution in [2.45, 2.75) is 76.2 Å². The van der Waals surface area contributed by atoms with Crippen LogP contribution in [0.4, 0.5) is 10.5 Å². The maximum absolute atomic E-state index is 13.1. The van der Waals surface area contributed by atoms with Gasteiger partial charge in [0.2, 0.25) is 5.91 Å². The summed E-state index contributed by atoms with van der Waals surface area (Å²) in [6.07, 6.45) is 7.66. The molecule has 1 aliphatic heterocycles. The van der Waals surface area contributed by atoms with Crippen molar-refractivity contribution in [2.24, 2.45) is 11.8 Å². The van der Waals surface area contributed by atoms with E-state index in [9.17, 15) is 9.59 Å². The van der Waals surface area contributed by atoms with Crippen molar-refractivity contribution in [1.29, 1.82) is 0 Å². The molecule has 274 valence electrons. The Kier molecular flexibility index (Phi) is 13.5. The number of fused-ring (bicyclic) bond motifs is 1. The topological polar surface area (TPSA) is 89.6 Å². The van der Waals surface area contributed by atoms with Crippen LogP contribution in [0.1, 0.15) is 56.1 Å². The standard InChI is InChI=1S/C42H55N3O6/c1-48-41(49-2)30-45(36-15-6-7-16-36)40(46)21-24-50-23-20-32-12-10-11-31(25-32)19-22-44-28-34-26-37(27-35(34)29-44)51-42(47)43-39-18-9-8-17-38(39)33-13-4-3-5-14-33/h3-5,8-14,17-18,25,34-37,41H,6-7,15-16,19-24,26-30H2,1-2H3,(H,43,47)/t34-,35?,37?/m0/s1. The molecule has 1 N–H and O–H groups in total. The molecule has 2 amide bonds. The van der Waals surface area contributed by atoms with Gasteiger partial charge in [-0.3, -0.25) is 10.1 Å². The van der Waals surface area contributed by atoms with E-state index < -0.39 is 6.29 Å². The normalized spacial score (nSPS) is 20.5. The maximum atomic E-state index is 13.1. The minimum atomic E-state index is -0.407. The van der Waals surface area contributed by atoms with Crippen LogP contribution in [0.25, 0.3) is 11.1 Å². The number of amides is 2. The van der Waals surface area contributed by atoms with Gasteiger partial charge in [0.05, 0.1) is 31.9 Å². The zero-order valence-electron chi connectivity index (χ0n) is 30.3. The summed E-state index contributed by atoms with van der Waals surface area (Å²) in [5.41, 5.74) is 5.41. The largest absolute Gasteiger partial charge is 0.446 e. The molecule has 1 heterocycles. The molecule has 51 heavy (non-hydrogen) atoms. The zero-order valence-corrected chi connectivity index (χ0v) is 30.3. The summed E-state index contributed by atoms with van der Waals surface area (Å²) >= 11 is 0. The lowest BCUT2D eigenvalue weighted by Gasteiger charge is -2.31. The fourth-order valence-corrected chi connectivity index (χ4v) is 8.27. The molecule has 0 bridgehead atoms. The molecule has 6 rings (SSSR count). The monoisotopic (exact) mass is 697 g/mol. The quantitative estimate of drug-likeness (QED) is 0.118. The van der Waals surface area contributed by atoms with Crippen molar-refractivity contribution in [3.05, 3.63) is 90.0 Å². The lowest BCUT2D eigenvalue weighted by molar-refractivity contribution is -0.150. The van der Waals surface area contributed by atoms with Crippen LogP contribution in [0.3, 0.4) is 0 Å². The first-order chi connectivity index (χ1) is 25.0. The number of nitrogens with zero attached hydrogens (tertiary/aromatic N) is 2. The van der Waals surface area contributed by atoms with Gasteiger partial charge in [0.25, 0.3) is 0 Å². The SMILES string of the molecule is COC(CN(C(=O)CCOCCc1cccc(CCN2CC3CC(OC(=O)Nc4ccccc4-c4ccccc4)C[C@H]3C2)c1)C1CCCC1)OC. The summed E-state index contributed by atoms with van der Waals surface area (Å²) in [5.74, 6) is 1.26. The van der Waals surface area contributed by atoms with Crippen molar-refractivity contribution in [1.82, 2.24) is 9.80 Å². The van der Waals surface area contributed by atoms with Gasteiger partial charge < -0.3 is 28.7 Å². The minimum absolute atomic E-state index is 0.0343. The molecule has 3 aliphatic rings. The van der Waals surface area contributed by atoms with E-state index in [2.05, 4.69) is 34.5 Å². The fraction of sp³-hybridized carbons (Fsp3) is 0.524. The molecule has 2 unspecified atom stereocenters. The molecular weight excluding hydrogens is 642 g/mol. The zero-order chi connectivity index (χ0) is 35.4. The summed E-state index contributed by atoms with van der Waals surface area (Å²) in [6.45, 7) is 4.62. The number of carbonyl (C=O) groups is 2. The van der Waals surface area contributed by atoms with Crippen LogP contribution >= 0.6 is 0 Å².